The normalized spacial score (nSPS) is 36.6. The van der Waals surface area contributed by atoms with Crippen LogP contribution in [0.1, 0.15) is 74.9 Å². The van der Waals surface area contributed by atoms with Gasteiger partial charge in [-0.05, 0) is 52.5 Å². The molecule has 1 aliphatic rings. The van der Waals surface area contributed by atoms with Gasteiger partial charge in [0.1, 0.15) is 11.3 Å². The number of pyridine rings is 1. The Morgan fingerprint density at radius 2 is 2.27 bits per heavy atom. The number of aromatic nitrogens is 1. The third kappa shape index (κ3) is 3.78. The molecule has 2 N–H and O–H groups in total. The second kappa shape index (κ2) is 8.22. The number of carbonyl (C=O) groups is 1. The van der Waals surface area contributed by atoms with Crippen molar-refractivity contribution in [3.05, 3.63) is 26.7 Å². The van der Waals surface area contributed by atoms with Gasteiger partial charge in [0, 0.05) is 41.1 Å². The molecular formula is C19H27N3O3S. The molecule has 0 spiro atoms. The predicted molar refractivity (Wildman–Crippen MR) is 105 cm³/mol. The van der Waals surface area contributed by atoms with Crippen LogP contribution < -0.4 is 10.9 Å². The van der Waals surface area contributed by atoms with Crippen LogP contribution >= 0.6 is 11.3 Å². The number of carbonyl (C=O) groups excluding carboxylic acids is 1. The number of hydrogen-bond donors (Lipinski definition) is 2. The monoisotopic (exact) mass is 392 g/mol. The van der Waals surface area contributed by atoms with Crippen molar-refractivity contribution in [1.82, 2.24) is 14.8 Å². The Hall–Kier alpha value is -1.86. The molecule has 1 saturated heterocycles. The number of hydrogen-bond acceptors (Lipinski definition) is 5. The van der Waals surface area contributed by atoms with Crippen LogP contribution in [0.15, 0.2) is 15.6 Å². The summed E-state index contributed by atoms with van der Waals surface area (Å²) in [5, 5.41) is 13.3. The molecule has 1 unspecified atom stereocenters. The van der Waals surface area contributed by atoms with E-state index < -0.39 is 87.3 Å². The standard InChI is InChI=1S/C19H27N3O3S/c1-13(2)22-15-12-26-11-14(15)17(23)16(19(22)25)18(24)20-7-6-10-21-8-4-3-5-9-21/h11-13,23H,3-10H2,1-2H3,(H,20,24)/i1D3,3D2,4D2,5D2,8D2,9D2,13D/hD. The molecular weight excluding hydrogens is 350 g/mol. The van der Waals surface area contributed by atoms with Gasteiger partial charge < -0.3 is 19.9 Å². The van der Waals surface area contributed by atoms with Crippen LogP contribution in [0.25, 0.3) is 10.9 Å². The van der Waals surface area contributed by atoms with Crippen molar-refractivity contribution in [2.45, 2.75) is 45.3 Å². The fourth-order valence-electron chi connectivity index (χ4n) is 2.47. The van der Waals surface area contributed by atoms with E-state index in [2.05, 4.69) is 0 Å². The van der Waals surface area contributed by atoms with E-state index in [1.165, 1.54) is 10.8 Å². The number of nitrogens with one attached hydrogen (secondary N) is 1. The maximum Gasteiger partial charge on any atom is 0.267 e. The topological polar surface area (TPSA) is 74.6 Å². The van der Waals surface area contributed by atoms with Gasteiger partial charge in [-0.25, -0.2) is 0 Å². The van der Waals surface area contributed by atoms with Gasteiger partial charge in [-0.3, -0.25) is 9.59 Å². The first-order chi connectivity index (χ1) is 18.2. The van der Waals surface area contributed by atoms with E-state index in [4.69, 9.17) is 20.6 Å². The molecule has 2 aromatic heterocycles. The van der Waals surface area contributed by atoms with Crippen LogP contribution in [-0.4, -0.2) is 46.6 Å². The zero-order valence-corrected chi connectivity index (χ0v) is 14.6. The maximum atomic E-state index is 13.3. The highest BCUT2D eigenvalue weighted by Gasteiger charge is 2.23. The molecule has 3 heterocycles. The van der Waals surface area contributed by atoms with Gasteiger partial charge in [-0.2, -0.15) is 0 Å². The first kappa shape index (κ1) is 7.64. The molecule has 142 valence electrons. The Morgan fingerprint density at radius 1 is 1.50 bits per heavy atom. The Bertz CT molecular complexity index is 1390. The van der Waals surface area contributed by atoms with Gasteiger partial charge in [-0.1, -0.05) is 6.37 Å². The minimum atomic E-state index is -3.60. The molecule has 0 saturated carbocycles. The van der Waals surface area contributed by atoms with E-state index in [-0.39, 0.29) is 21.1 Å². The van der Waals surface area contributed by atoms with E-state index in [9.17, 15) is 14.7 Å². The van der Waals surface area contributed by atoms with Gasteiger partial charge >= 0.3 is 0 Å². The molecule has 0 aliphatic carbocycles. The molecule has 7 heteroatoms. The van der Waals surface area contributed by atoms with E-state index in [1.807, 2.05) is 0 Å². The summed E-state index contributed by atoms with van der Waals surface area (Å²) in [5.41, 5.74) is -2.51. The maximum absolute atomic E-state index is 13.3. The number of nitrogens with zero attached hydrogens (tertiary/aromatic N) is 2. The minimum absolute atomic E-state index is 0.123. The largest absolute Gasteiger partial charge is 0.506 e. The van der Waals surface area contributed by atoms with E-state index >= 15 is 0 Å². The Morgan fingerprint density at radius 3 is 3.00 bits per heavy atom. The van der Waals surface area contributed by atoms with Crippen molar-refractivity contribution in [2.75, 3.05) is 26.1 Å². The highest BCUT2D eigenvalue weighted by molar-refractivity contribution is 7.09. The van der Waals surface area contributed by atoms with Crippen LogP contribution in [0.2, 0.25) is 1.41 Å². The quantitative estimate of drug-likeness (QED) is 0.793. The van der Waals surface area contributed by atoms with Crippen molar-refractivity contribution in [3.63, 3.8) is 0 Å². The zero-order chi connectivity index (χ0) is 31.9. The molecule has 0 bridgehead atoms. The van der Waals surface area contributed by atoms with Crippen molar-refractivity contribution in [1.29, 1.82) is 0 Å². The first-order valence-electron chi connectivity index (χ1n) is 15.1. The average Bonchev–Trinajstić information content (AvgIpc) is 3.28. The second-order valence-corrected chi connectivity index (χ2v) is 6.15. The average molecular weight is 393 g/mol. The molecule has 0 aromatic carbocycles. The molecule has 1 atom stereocenters. The van der Waals surface area contributed by atoms with Gasteiger partial charge in [0.25, 0.3) is 11.5 Å². The van der Waals surface area contributed by atoms with Crippen LogP contribution in [0.3, 0.4) is 0 Å². The second-order valence-electron chi connectivity index (χ2n) is 5.41. The molecule has 1 aliphatic heterocycles. The lowest BCUT2D eigenvalue weighted by Crippen LogP contribution is -2.36. The number of piperidine rings is 1. The number of fused-ring (bicyclic) bond motifs is 1. The smallest absolute Gasteiger partial charge is 0.267 e. The first-order valence-corrected chi connectivity index (χ1v) is 8.60. The van der Waals surface area contributed by atoms with Gasteiger partial charge in [-0.15, -0.1) is 11.3 Å². The molecule has 1 amide bonds. The number of likely N-dealkylation sites (tertiary alicyclic amines) is 1. The molecule has 2 aromatic rings. The van der Waals surface area contributed by atoms with Crippen LogP contribution in [0.4, 0.5) is 0 Å². The SMILES string of the molecule is [2H]N(CCCN1C([2H])([2H])C([2H])([2H])C([2H])([2H])C([2H])([2H])C1([2H])[2H])C(=O)c1c(O)c2cscc2n(C([2H])(C)C([2H])([2H])[2H])c1=O. The Balaban J connectivity index is 1.95. The molecule has 3 rings (SSSR count). The van der Waals surface area contributed by atoms with Crippen molar-refractivity contribution in [2.24, 2.45) is 0 Å². The number of rotatable bonds is 6. The third-order valence-electron chi connectivity index (χ3n) is 3.64. The van der Waals surface area contributed by atoms with Gasteiger partial charge in [0.2, 0.25) is 0 Å². The summed E-state index contributed by atoms with van der Waals surface area (Å²) in [6.07, 6.45) is -11.2. The van der Waals surface area contributed by atoms with Crippen LogP contribution in [-0.2, 0) is 0 Å². The summed E-state index contributed by atoms with van der Waals surface area (Å²) in [4.78, 5) is 26.6. The van der Waals surface area contributed by atoms with Crippen LogP contribution in [0.5, 0.6) is 5.75 Å². The van der Waals surface area contributed by atoms with Crippen LogP contribution in [0, 0.1) is 0 Å². The summed E-state index contributed by atoms with van der Waals surface area (Å²) >= 11 is 0.951. The molecule has 0 radical (unpaired) electrons. The third-order valence-corrected chi connectivity index (χ3v) is 4.37. The number of aromatic hydroxyl groups is 1. The molecule has 6 nitrogen and oxygen atoms in total. The number of thiophene rings is 1. The van der Waals surface area contributed by atoms with Crippen molar-refractivity contribution >= 4 is 28.1 Å². The molecule has 26 heavy (non-hydrogen) atoms. The lowest BCUT2D eigenvalue weighted by atomic mass is 10.1. The summed E-state index contributed by atoms with van der Waals surface area (Å²) < 4.78 is 120. The zero-order valence-electron chi connectivity index (χ0n) is 28.8. The van der Waals surface area contributed by atoms with E-state index in [0.29, 0.717) is 4.57 Å². The lowest BCUT2D eigenvalue weighted by molar-refractivity contribution is 0.0946. The highest BCUT2D eigenvalue weighted by Crippen LogP contribution is 2.30. The van der Waals surface area contributed by atoms with E-state index in [1.54, 1.807) is 0 Å². The van der Waals surface area contributed by atoms with E-state index in [0.717, 1.165) is 18.3 Å². The van der Waals surface area contributed by atoms with Gasteiger partial charge in [0.05, 0.1) is 12.3 Å². The summed E-state index contributed by atoms with van der Waals surface area (Å²) in [6, 6.07) is -2.59. The predicted octanol–water partition coefficient (Wildman–Crippen LogP) is 2.96. The number of amides is 1. The summed E-state index contributed by atoms with van der Waals surface area (Å²) in [7, 11) is 0. The Kier molecular flexibility index (Phi) is 2.42. The summed E-state index contributed by atoms with van der Waals surface area (Å²) in [5.74, 6) is -2.29. The van der Waals surface area contributed by atoms with Crippen molar-refractivity contribution in [3.8, 4) is 5.75 Å². The fourth-order valence-corrected chi connectivity index (χ4v) is 3.27. The Labute approximate surface area is 178 Å². The summed E-state index contributed by atoms with van der Waals surface area (Å²) in [6.45, 7) is -10.4. The lowest BCUT2D eigenvalue weighted by Gasteiger charge is -2.26. The highest BCUT2D eigenvalue weighted by atomic mass is 32.1. The minimum Gasteiger partial charge on any atom is -0.506 e. The molecule has 1 fully saturated rings. The fraction of sp³-hybridized carbons (Fsp3) is 0.579. The van der Waals surface area contributed by atoms with Crippen molar-refractivity contribution < 1.29 is 30.5 Å². The van der Waals surface area contributed by atoms with Gasteiger partial charge in [0.15, 0.2) is 1.41 Å².